The first-order valence-electron chi connectivity index (χ1n) is 3.76. The minimum Gasteiger partial charge on any atom is -0.369 e. The van der Waals surface area contributed by atoms with Gasteiger partial charge in [0.05, 0.1) is 0 Å². The van der Waals surface area contributed by atoms with Gasteiger partial charge in [-0.2, -0.15) is 0 Å². The Morgan fingerprint density at radius 3 is 2.23 bits per heavy atom. The van der Waals surface area contributed by atoms with Gasteiger partial charge < -0.3 is 10.6 Å². The van der Waals surface area contributed by atoms with E-state index >= 15 is 0 Å². The van der Waals surface area contributed by atoms with E-state index in [2.05, 4.69) is 17.6 Å². The molecule has 6 heteroatoms. The number of thioether (sulfide) groups is 2. The summed E-state index contributed by atoms with van der Waals surface area (Å²) in [6, 6.07) is 0.310. The van der Waals surface area contributed by atoms with E-state index in [1.807, 2.05) is 12.5 Å². The van der Waals surface area contributed by atoms with Gasteiger partial charge in [0.15, 0.2) is 0 Å². The molecule has 0 heterocycles. The zero-order valence-corrected chi connectivity index (χ0v) is 11.2. The van der Waals surface area contributed by atoms with Crippen molar-refractivity contribution in [3.63, 3.8) is 0 Å². The Bertz CT molecular complexity index is 183. The van der Waals surface area contributed by atoms with Crippen LogP contribution in [0.2, 0.25) is 0 Å². The van der Waals surface area contributed by atoms with E-state index < -0.39 is 0 Å². The smallest absolute Gasteiger partial charge is 0.133 e. The number of thiocarbonyl (C=S) groups is 2. The molecule has 0 aliphatic carbocycles. The lowest BCUT2D eigenvalue weighted by Crippen LogP contribution is -2.39. The van der Waals surface area contributed by atoms with Crippen LogP contribution in [-0.4, -0.2) is 33.7 Å². The fourth-order valence-electron chi connectivity index (χ4n) is 0.620. The largest absolute Gasteiger partial charge is 0.369 e. The second kappa shape index (κ2) is 7.84. The highest BCUT2D eigenvalue weighted by molar-refractivity contribution is 8.22. The van der Waals surface area contributed by atoms with E-state index in [0.717, 1.165) is 15.2 Å². The summed E-state index contributed by atoms with van der Waals surface area (Å²) in [5, 5.41) is 6.30. The molecule has 0 aliphatic rings. The first-order valence-corrected chi connectivity index (χ1v) is 7.03. The highest BCUT2D eigenvalue weighted by atomic mass is 32.2. The first kappa shape index (κ1) is 13.5. The number of hydrogen-bond acceptors (Lipinski definition) is 4. The summed E-state index contributed by atoms with van der Waals surface area (Å²) in [7, 11) is 0. The van der Waals surface area contributed by atoms with E-state index in [1.165, 1.54) is 0 Å². The highest BCUT2D eigenvalue weighted by Gasteiger charge is 2.03. The summed E-state index contributed by atoms with van der Waals surface area (Å²) >= 11 is 13.1. The van der Waals surface area contributed by atoms with Crippen LogP contribution in [0.4, 0.5) is 0 Å². The standard InChI is InChI=1S/C7H14N2S4/c1-5(9-7(11)13-3)4-8-6(10)12-2/h5H,4H2,1-3H3,(H,8,10)(H,9,11). The Morgan fingerprint density at radius 2 is 1.77 bits per heavy atom. The molecular weight excluding hydrogens is 240 g/mol. The van der Waals surface area contributed by atoms with E-state index in [0.29, 0.717) is 6.04 Å². The van der Waals surface area contributed by atoms with Gasteiger partial charge in [0.25, 0.3) is 0 Å². The maximum absolute atomic E-state index is 5.03. The van der Waals surface area contributed by atoms with Crippen LogP contribution in [0.1, 0.15) is 6.92 Å². The number of hydrogen-bond donors (Lipinski definition) is 2. The van der Waals surface area contributed by atoms with Crippen LogP contribution >= 0.6 is 48.0 Å². The molecule has 2 nitrogen and oxygen atoms in total. The van der Waals surface area contributed by atoms with Crippen LogP contribution in [0, 0.1) is 0 Å². The molecule has 0 saturated carbocycles. The Kier molecular flexibility index (Phi) is 8.13. The Morgan fingerprint density at radius 1 is 1.23 bits per heavy atom. The molecule has 0 aromatic heterocycles. The van der Waals surface area contributed by atoms with Crippen molar-refractivity contribution in [1.82, 2.24) is 10.6 Å². The van der Waals surface area contributed by atoms with Crippen molar-refractivity contribution in [2.24, 2.45) is 0 Å². The van der Waals surface area contributed by atoms with E-state index in [1.54, 1.807) is 23.5 Å². The predicted octanol–water partition coefficient (Wildman–Crippen LogP) is 1.85. The van der Waals surface area contributed by atoms with Crippen molar-refractivity contribution in [3.05, 3.63) is 0 Å². The molecule has 0 saturated heterocycles. The maximum Gasteiger partial charge on any atom is 0.133 e. The third-order valence-corrected chi connectivity index (χ3v) is 3.55. The lowest BCUT2D eigenvalue weighted by Gasteiger charge is -2.15. The minimum atomic E-state index is 0.310. The topological polar surface area (TPSA) is 24.1 Å². The van der Waals surface area contributed by atoms with Gasteiger partial charge in [0, 0.05) is 12.6 Å². The van der Waals surface area contributed by atoms with Crippen LogP contribution < -0.4 is 10.6 Å². The van der Waals surface area contributed by atoms with Crippen LogP contribution in [0.25, 0.3) is 0 Å². The van der Waals surface area contributed by atoms with Crippen LogP contribution in [0.5, 0.6) is 0 Å². The number of nitrogens with one attached hydrogen (secondary N) is 2. The molecule has 0 fully saturated rings. The van der Waals surface area contributed by atoms with Crippen LogP contribution in [0.3, 0.4) is 0 Å². The van der Waals surface area contributed by atoms with Gasteiger partial charge in [-0.3, -0.25) is 0 Å². The van der Waals surface area contributed by atoms with Gasteiger partial charge in [-0.15, -0.1) is 23.5 Å². The van der Waals surface area contributed by atoms with Crippen molar-refractivity contribution >= 4 is 56.6 Å². The average Bonchev–Trinajstić information content (AvgIpc) is 2.13. The second-order valence-corrected chi connectivity index (χ2v) is 5.38. The molecule has 0 amide bonds. The fourth-order valence-corrected chi connectivity index (χ4v) is 1.45. The summed E-state index contributed by atoms with van der Waals surface area (Å²) in [4.78, 5) is 0. The maximum atomic E-state index is 5.03. The third kappa shape index (κ3) is 7.54. The molecule has 0 aromatic rings. The van der Waals surface area contributed by atoms with Crippen LogP contribution in [0.15, 0.2) is 0 Å². The van der Waals surface area contributed by atoms with Crippen molar-refractivity contribution in [2.75, 3.05) is 19.1 Å². The van der Waals surface area contributed by atoms with Gasteiger partial charge in [-0.05, 0) is 19.4 Å². The van der Waals surface area contributed by atoms with Crippen LogP contribution in [-0.2, 0) is 0 Å². The molecule has 1 atom stereocenters. The Balaban J connectivity index is 3.56. The third-order valence-electron chi connectivity index (χ3n) is 1.29. The molecule has 2 N–H and O–H groups in total. The molecule has 0 aliphatic heterocycles. The molecule has 0 rings (SSSR count). The molecule has 13 heavy (non-hydrogen) atoms. The predicted molar refractivity (Wildman–Crippen MR) is 72.8 cm³/mol. The van der Waals surface area contributed by atoms with E-state index in [4.69, 9.17) is 24.4 Å². The van der Waals surface area contributed by atoms with E-state index in [-0.39, 0.29) is 0 Å². The summed E-state index contributed by atoms with van der Waals surface area (Å²) in [5.41, 5.74) is 0. The lowest BCUT2D eigenvalue weighted by atomic mass is 10.3. The molecular formula is C7H14N2S4. The van der Waals surface area contributed by atoms with Gasteiger partial charge in [-0.1, -0.05) is 24.4 Å². The summed E-state index contributed by atoms with van der Waals surface area (Å²) in [6.07, 6.45) is 3.92. The normalized spacial score (nSPS) is 11.9. The first-order chi connectivity index (χ1) is 6.10. The molecule has 0 radical (unpaired) electrons. The molecule has 0 bridgehead atoms. The zero-order chi connectivity index (χ0) is 10.3. The SMILES string of the molecule is CSC(=S)NCC(C)NC(=S)SC. The Labute approximate surface area is 99.0 Å². The second-order valence-electron chi connectivity index (χ2n) is 2.41. The van der Waals surface area contributed by atoms with E-state index in [9.17, 15) is 0 Å². The monoisotopic (exact) mass is 254 g/mol. The quantitative estimate of drug-likeness (QED) is 0.746. The number of rotatable bonds is 3. The molecule has 0 aromatic carbocycles. The summed E-state index contributed by atoms with van der Waals surface area (Å²) in [5.74, 6) is 0. The van der Waals surface area contributed by atoms with Gasteiger partial charge in [-0.25, -0.2) is 0 Å². The molecule has 76 valence electrons. The minimum absolute atomic E-state index is 0.310. The van der Waals surface area contributed by atoms with Crippen molar-refractivity contribution in [2.45, 2.75) is 13.0 Å². The fraction of sp³-hybridized carbons (Fsp3) is 0.714. The van der Waals surface area contributed by atoms with Crippen molar-refractivity contribution in [3.8, 4) is 0 Å². The van der Waals surface area contributed by atoms with Gasteiger partial charge >= 0.3 is 0 Å². The lowest BCUT2D eigenvalue weighted by molar-refractivity contribution is 0.653. The molecule has 0 spiro atoms. The van der Waals surface area contributed by atoms with Gasteiger partial charge in [0.2, 0.25) is 0 Å². The highest BCUT2D eigenvalue weighted by Crippen LogP contribution is 1.97. The summed E-state index contributed by atoms with van der Waals surface area (Å²) in [6.45, 7) is 2.87. The summed E-state index contributed by atoms with van der Waals surface area (Å²) < 4.78 is 1.65. The van der Waals surface area contributed by atoms with Gasteiger partial charge in [0.1, 0.15) is 8.64 Å². The van der Waals surface area contributed by atoms with Crippen molar-refractivity contribution < 1.29 is 0 Å². The zero-order valence-electron chi connectivity index (χ0n) is 7.92. The Hall–Kier alpha value is 0.480. The average molecular weight is 254 g/mol. The van der Waals surface area contributed by atoms with Crippen molar-refractivity contribution in [1.29, 1.82) is 0 Å². The molecule has 1 unspecified atom stereocenters.